The van der Waals surface area contributed by atoms with Gasteiger partial charge in [-0.2, -0.15) is 13.2 Å². The van der Waals surface area contributed by atoms with Crippen LogP contribution >= 0.6 is 0 Å². The van der Waals surface area contributed by atoms with Crippen molar-refractivity contribution in [2.24, 2.45) is 5.73 Å². The van der Waals surface area contributed by atoms with Crippen molar-refractivity contribution in [2.45, 2.75) is 12.7 Å². The van der Waals surface area contributed by atoms with Crippen LogP contribution in [-0.4, -0.2) is 10.9 Å². The fourth-order valence-corrected chi connectivity index (χ4v) is 1.68. The van der Waals surface area contributed by atoms with E-state index in [2.05, 4.69) is 10.3 Å². The zero-order valence-electron chi connectivity index (χ0n) is 10.8. The Morgan fingerprint density at radius 1 is 1.19 bits per heavy atom. The number of benzene rings is 1. The first kappa shape index (κ1) is 14.8. The molecule has 0 saturated carbocycles. The van der Waals surface area contributed by atoms with Gasteiger partial charge < -0.3 is 11.1 Å². The van der Waals surface area contributed by atoms with Crippen molar-refractivity contribution in [1.82, 2.24) is 4.98 Å². The van der Waals surface area contributed by atoms with Gasteiger partial charge in [-0.15, -0.1) is 0 Å². The maximum absolute atomic E-state index is 12.6. The van der Waals surface area contributed by atoms with Crippen molar-refractivity contribution in [3.05, 3.63) is 59.3 Å². The SMILES string of the molecule is NC(=O)c1ccc(CNc2cc(C(F)(F)F)ccn2)cc1. The van der Waals surface area contributed by atoms with Crippen molar-refractivity contribution < 1.29 is 18.0 Å². The second-order valence-electron chi connectivity index (χ2n) is 4.34. The minimum atomic E-state index is -4.40. The highest BCUT2D eigenvalue weighted by molar-refractivity contribution is 5.92. The first-order chi connectivity index (χ1) is 9.86. The summed E-state index contributed by atoms with van der Waals surface area (Å²) in [6, 6.07) is 8.30. The quantitative estimate of drug-likeness (QED) is 0.911. The van der Waals surface area contributed by atoms with E-state index < -0.39 is 17.6 Å². The van der Waals surface area contributed by atoms with Crippen LogP contribution in [0.2, 0.25) is 0 Å². The number of anilines is 1. The minimum Gasteiger partial charge on any atom is -0.366 e. The third-order valence-electron chi connectivity index (χ3n) is 2.80. The largest absolute Gasteiger partial charge is 0.416 e. The molecule has 0 bridgehead atoms. The van der Waals surface area contributed by atoms with E-state index >= 15 is 0 Å². The number of hydrogen-bond donors (Lipinski definition) is 2. The maximum Gasteiger partial charge on any atom is 0.416 e. The zero-order chi connectivity index (χ0) is 15.5. The van der Waals surface area contributed by atoms with Crippen molar-refractivity contribution in [1.29, 1.82) is 0 Å². The molecule has 0 unspecified atom stereocenters. The number of rotatable bonds is 4. The lowest BCUT2D eigenvalue weighted by Crippen LogP contribution is -2.11. The number of pyridine rings is 1. The number of nitrogens with two attached hydrogens (primary N) is 1. The van der Waals surface area contributed by atoms with Gasteiger partial charge >= 0.3 is 6.18 Å². The molecule has 1 aromatic heterocycles. The number of carbonyl (C=O) groups is 1. The van der Waals surface area contributed by atoms with Crippen LogP contribution in [0.5, 0.6) is 0 Å². The standard InChI is InChI=1S/C14H12F3N3O/c15-14(16,17)11-5-6-19-12(7-11)20-8-9-1-3-10(4-2-9)13(18)21/h1-7H,8H2,(H2,18,21)(H,19,20). The molecule has 0 fully saturated rings. The summed E-state index contributed by atoms with van der Waals surface area (Å²) in [6.07, 6.45) is -3.30. The summed E-state index contributed by atoms with van der Waals surface area (Å²) < 4.78 is 37.7. The summed E-state index contributed by atoms with van der Waals surface area (Å²) in [4.78, 5) is 14.7. The van der Waals surface area contributed by atoms with Gasteiger partial charge in [0.25, 0.3) is 0 Å². The Hall–Kier alpha value is -2.57. The first-order valence-corrected chi connectivity index (χ1v) is 6.02. The zero-order valence-corrected chi connectivity index (χ0v) is 10.8. The van der Waals surface area contributed by atoms with Crippen molar-refractivity contribution in [3.8, 4) is 0 Å². The molecule has 4 nitrogen and oxygen atoms in total. The summed E-state index contributed by atoms with van der Waals surface area (Å²) >= 11 is 0. The molecule has 0 atom stereocenters. The molecule has 1 heterocycles. The van der Waals surface area contributed by atoms with Crippen LogP contribution < -0.4 is 11.1 Å². The lowest BCUT2D eigenvalue weighted by Gasteiger charge is -2.10. The van der Waals surface area contributed by atoms with Crippen LogP contribution in [0.4, 0.5) is 19.0 Å². The van der Waals surface area contributed by atoms with E-state index in [4.69, 9.17) is 5.73 Å². The van der Waals surface area contributed by atoms with Crippen molar-refractivity contribution >= 4 is 11.7 Å². The fourth-order valence-electron chi connectivity index (χ4n) is 1.68. The predicted octanol–water partition coefficient (Wildman–Crippen LogP) is 2.81. The molecule has 21 heavy (non-hydrogen) atoms. The second-order valence-corrected chi connectivity index (χ2v) is 4.34. The van der Waals surface area contributed by atoms with E-state index in [1.54, 1.807) is 24.3 Å². The number of carbonyl (C=O) groups excluding carboxylic acids is 1. The van der Waals surface area contributed by atoms with Gasteiger partial charge in [-0.3, -0.25) is 4.79 Å². The molecule has 7 heteroatoms. The monoisotopic (exact) mass is 295 g/mol. The second kappa shape index (κ2) is 5.82. The van der Waals surface area contributed by atoms with Crippen LogP contribution in [0.25, 0.3) is 0 Å². The molecule has 3 N–H and O–H groups in total. The molecule has 0 saturated heterocycles. The molecule has 1 amide bonds. The molecule has 110 valence electrons. The number of amides is 1. The van der Waals surface area contributed by atoms with Crippen molar-refractivity contribution in [2.75, 3.05) is 5.32 Å². The Kier molecular flexibility index (Phi) is 4.11. The van der Waals surface area contributed by atoms with Gasteiger partial charge in [-0.25, -0.2) is 4.98 Å². The molecule has 2 rings (SSSR count). The van der Waals surface area contributed by atoms with Gasteiger partial charge in [0.15, 0.2) is 0 Å². The smallest absolute Gasteiger partial charge is 0.366 e. The van der Waals surface area contributed by atoms with Gasteiger partial charge in [0, 0.05) is 18.3 Å². The molecule has 0 aliphatic rings. The molecule has 0 aliphatic heterocycles. The van der Waals surface area contributed by atoms with Gasteiger partial charge in [0.2, 0.25) is 5.91 Å². The van der Waals surface area contributed by atoms with E-state index in [0.29, 0.717) is 5.56 Å². The lowest BCUT2D eigenvalue weighted by molar-refractivity contribution is -0.137. The molecule has 0 aliphatic carbocycles. The number of primary amides is 1. The van der Waals surface area contributed by atoms with Gasteiger partial charge in [-0.05, 0) is 29.8 Å². The summed E-state index contributed by atoms with van der Waals surface area (Å²) in [5.41, 5.74) is 5.52. The normalized spacial score (nSPS) is 11.2. The van der Waals surface area contributed by atoms with E-state index in [1.807, 2.05) is 0 Å². The Bertz CT molecular complexity index is 639. The average molecular weight is 295 g/mol. The van der Waals surface area contributed by atoms with Crippen LogP contribution in [-0.2, 0) is 12.7 Å². The number of aromatic nitrogens is 1. The molecule has 0 radical (unpaired) electrons. The topological polar surface area (TPSA) is 68.0 Å². The molecular formula is C14H12F3N3O. The first-order valence-electron chi connectivity index (χ1n) is 6.02. The van der Waals surface area contributed by atoms with E-state index in [1.165, 1.54) is 0 Å². The molecular weight excluding hydrogens is 283 g/mol. The highest BCUT2D eigenvalue weighted by atomic mass is 19.4. The highest BCUT2D eigenvalue weighted by Crippen LogP contribution is 2.29. The number of halogens is 3. The number of hydrogen-bond acceptors (Lipinski definition) is 3. The van der Waals surface area contributed by atoms with Crippen LogP contribution in [0, 0.1) is 0 Å². The highest BCUT2D eigenvalue weighted by Gasteiger charge is 2.30. The molecule has 0 spiro atoms. The summed E-state index contributed by atoms with van der Waals surface area (Å²) in [6.45, 7) is 0.285. The van der Waals surface area contributed by atoms with Crippen LogP contribution in [0.15, 0.2) is 42.6 Å². The number of nitrogens with one attached hydrogen (secondary N) is 1. The van der Waals surface area contributed by atoms with E-state index in [9.17, 15) is 18.0 Å². The van der Waals surface area contributed by atoms with Crippen LogP contribution in [0.3, 0.4) is 0 Å². The maximum atomic E-state index is 12.6. The van der Waals surface area contributed by atoms with E-state index in [0.717, 1.165) is 23.9 Å². The Morgan fingerprint density at radius 2 is 1.86 bits per heavy atom. The lowest BCUT2D eigenvalue weighted by atomic mass is 10.1. The van der Waals surface area contributed by atoms with Crippen molar-refractivity contribution in [3.63, 3.8) is 0 Å². The third-order valence-corrected chi connectivity index (χ3v) is 2.80. The van der Waals surface area contributed by atoms with Gasteiger partial charge in [0.1, 0.15) is 5.82 Å². The average Bonchev–Trinajstić information content (AvgIpc) is 2.45. The van der Waals surface area contributed by atoms with E-state index in [-0.39, 0.29) is 12.4 Å². The third kappa shape index (κ3) is 3.95. The molecule has 2 aromatic rings. The summed E-state index contributed by atoms with van der Waals surface area (Å²) in [5.74, 6) is -0.405. The Balaban J connectivity index is 2.04. The number of alkyl halides is 3. The minimum absolute atomic E-state index is 0.129. The van der Waals surface area contributed by atoms with Crippen LogP contribution in [0.1, 0.15) is 21.5 Å². The summed E-state index contributed by atoms with van der Waals surface area (Å²) in [5, 5.41) is 2.79. The van der Waals surface area contributed by atoms with Gasteiger partial charge in [-0.1, -0.05) is 12.1 Å². The number of nitrogens with zero attached hydrogens (tertiary/aromatic N) is 1. The molecule has 1 aromatic carbocycles. The Labute approximate surface area is 118 Å². The fraction of sp³-hybridized carbons (Fsp3) is 0.143. The van der Waals surface area contributed by atoms with Gasteiger partial charge in [0.05, 0.1) is 5.56 Å². The predicted molar refractivity (Wildman–Crippen MR) is 71.5 cm³/mol. The summed E-state index contributed by atoms with van der Waals surface area (Å²) in [7, 11) is 0. The Morgan fingerprint density at radius 3 is 2.43 bits per heavy atom.